The first kappa shape index (κ1) is 18.9. The van der Waals surface area contributed by atoms with E-state index in [9.17, 15) is 9.59 Å². The summed E-state index contributed by atoms with van der Waals surface area (Å²) in [5.41, 5.74) is -0.980. The molecule has 1 aromatic rings. The second-order valence-electron chi connectivity index (χ2n) is 4.48. The minimum absolute atomic E-state index is 0.186. The first-order valence-electron chi connectivity index (χ1n) is 6.85. The van der Waals surface area contributed by atoms with Crippen LogP contribution in [0.2, 0.25) is 0 Å². The van der Waals surface area contributed by atoms with Gasteiger partial charge in [-0.05, 0) is 13.5 Å². The molecule has 0 radical (unpaired) electrons. The van der Waals surface area contributed by atoms with Crippen LogP contribution < -0.4 is 16.0 Å². The summed E-state index contributed by atoms with van der Waals surface area (Å²) in [5, 5.41) is 0. The zero-order chi connectivity index (χ0) is 16.4. The normalized spacial score (nSPS) is 14.0. The van der Waals surface area contributed by atoms with Crippen molar-refractivity contribution in [1.29, 1.82) is 0 Å². The molecule has 126 valence electrons. The molecule has 2 N–H and O–H groups in total. The van der Waals surface area contributed by atoms with Crippen LogP contribution >= 0.6 is 11.9 Å². The van der Waals surface area contributed by atoms with E-state index in [0.717, 1.165) is 12.2 Å². The van der Waals surface area contributed by atoms with Crippen molar-refractivity contribution in [3.8, 4) is 0 Å². The van der Waals surface area contributed by atoms with E-state index in [4.69, 9.17) is 14.2 Å². The first-order chi connectivity index (χ1) is 10.6. The molecule has 0 amide bonds. The van der Waals surface area contributed by atoms with E-state index in [2.05, 4.69) is 9.71 Å². The Morgan fingerprint density at radius 3 is 2.64 bits per heavy atom. The van der Waals surface area contributed by atoms with Gasteiger partial charge in [0.1, 0.15) is 0 Å². The quantitative estimate of drug-likeness (QED) is 0.434. The smallest absolute Gasteiger partial charge is 0.330 e. The number of aromatic amines is 1. The van der Waals surface area contributed by atoms with Crippen LogP contribution in [0.15, 0.2) is 21.9 Å². The highest BCUT2D eigenvalue weighted by molar-refractivity contribution is 7.97. The lowest BCUT2D eigenvalue weighted by molar-refractivity contribution is -0.109. The van der Waals surface area contributed by atoms with E-state index in [-0.39, 0.29) is 12.7 Å². The van der Waals surface area contributed by atoms with Gasteiger partial charge in [-0.2, -0.15) is 0 Å². The highest BCUT2D eigenvalue weighted by Gasteiger charge is 2.19. The number of rotatable bonds is 11. The van der Waals surface area contributed by atoms with E-state index < -0.39 is 17.5 Å². The summed E-state index contributed by atoms with van der Waals surface area (Å²) in [6.07, 6.45) is 1.33. The zero-order valence-electron chi connectivity index (χ0n) is 13.0. The minimum atomic E-state index is -0.630. The number of aromatic nitrogens is 2. The average molecular weight is 333 g/mol. The molecule has 0 aliphatic carbocycles. The number of nitrogens with zero attached hydrogens (tertiary/aromatic N) is 1. The molecule has 0 saturated heterocycles. The number of ether oxygens (including phenoxy) is 3. The standard InChI is InChI=1S/C13H23N3O5S/c1-14-22-7-5-10(8-19-2)21-12(9-20-3)16-6-4-11(17)15-13(16)18/h4,6,10,12,14H,5,7-9H2,1-3H3,(H,15,17,18). The molecule has 1 aromatic heterocycles. The van der Waals surface area contributed by atoms with Crippen LogP contribution in [0, 0.1) is 0 Å². The largest absolute Gasteiger partial charge is 0.382 e. The highest BCUT2D eigenvalue weighted by atomic mass is 32.2. The van der Waals surface area contributed by atoms with Crippen LogP contribution in [-0.2, 0) is 14.2 Å². The average Bonchev–Trinajstić information content (AvgIpc) is 2.47. The second-order valence-corrected chi connectivity index (χ2v) is 5.59. The van der Waals surface area contributed by atoms with Crippen molar-refractivity contribution in [3.63, 3.8) is 0 Å². The molecule has 0 aliphatic rings. The lowest BCUT2D eigenvalue weighted by atomic mass is 10.3. The van der Waals surface area contributed by atoms with Crippen molar-refractivity contribution in [2.24, 2.45) is 0 Å². The fourth-order valence-electron chi connectivity index (χ4n) is 1.87. The summed E-state index contributed by atoms with van der Waals surface area (Å²) in [4.78, 5) is 25.2. The van der Waals surface area contributed by atoms with Crippen LogP contribution in [-0.4, -0.2) is 55.9 Å². The zero-order valence-corrected chi connectivity index (χ0v) is 13.9. The van der Waals surface area contributed by atoms with Crippen LogP contribution in [0.3, 0.4) is 0 Å². The molecular formula is C13H23N3O5S. The molecular weight excluding hydrogens is 310 g/mol. The van der Waals surface area contributed by atoms with Gasteiger partial charge < -0.3 is 14.2 Å². The van der Waals surface area contributed by atoms with Gasteiger partial charge in [0.15, 0.2) is 6.23 Å². The Hall–Kier alpha value is -1.13. The van der Waals surface area contributed by atoms with Crippen molar-refractivity contribution < 1.29 is 14.2 Å². The Balaban J connectivity index is 2.83. The molecule has 0 spiro atoms. The van der Waals surface area contributed by atoms with Crippen molar-refractivity contribution >= 4 is 11.9 Å². The van der Waals surface area contributed by atoms with Crippen molar-refractivity contribution in [2.75, 3.05) is 40.2 Å². The lowest BCUT2D eigenvalue weighted by Crippen LogP contribution is -2.37. The van der Waals surface area contributed by atoms with Crippen molar-refractivity contribution in [1.82, 2.24) is 14.3 Å². The van der Waals surface area contributed by atoms with E-state index >= 15 is 0 Å². The van der Waals surface area contributed by atoms with Crippen LogP contribution in [0.1, 0.15) is 12.6 Å². The second kappa shape index (κ2) is 10.6. The Morgan fingerprint density at radius 2 is 2.05 bits per heavy atom. The third kappa shape index (κ3) is 6.32. The van der Waals surface area contributed by atoms with E-state index in [1.807, 2.05) is 7.05 Å². The Bertz CT molecular complexity index is 533. The molecule has 8 nitrogen and oxygen atoms in total. The SMILES string of the molecule is CNSCCC(COC)OC(COC)n1ccc(=O)[nH]c1=O. The summed E-state index contributed by atoms with van der Waals surface area (Å²) < 4.78 is 20.5. The Labute approximate surface area is 133 Å². The van der Waals surface area contributed by atoms with Gasteiger partial charge >= 0.3 is 5.69 Å². The van der Waals surface area contributed by atoms with Gasteiger partial charge in [-0.15, -0.1) is 0 Å². The monoisotopic (exact) mass is 333 g/mol. The summed E-state index contributed by atoms with van der Waals surface area (Å²) in [7, 11) is 4.97. The van der Waals surface area contributed by atoms with Gasteiger partial charge in [0.05, 0.1) is 19.3 Å². The fourth-order valence-corrected chi connectivity index (χ4v) is 2.46. The fraction of sp³-hybridized carbons (Fsp3) is 0.692. The summed E-state index contributed by atoms with van der Waals surface area (Å²) in [6, 6.07) is 1.27. The molecule has 0 saturated carbocycles. The number of hydrogen-bond donors (Lipinski definition) is 2. The maximum atomic E-state index is 11.9. The third-order valence-corrected chi connectivity index (χ3v) is 3.59. The Kier molecular flexibility index (Phi) is 9.09. The molecule has 22 heavy (non-hydrogen) atoms. The third-order valence-electron chi connectivity index (χ3n) is 2.86. The molecule has 0 bridgehead atoms. The lowest BCUT2D eigenvalue weighted by Gasteiger charge is -2.25. The maximum Gasteiger partial charge on any atom is 0.330 e. The summed E-state index contributed by atoms with van der Waals surface area (Å²) in [5.74, 6) is 0.838. The van der Waals surface area contributed by atoms with Crippen LogP contribution in [0.4, 0.5) is 0 Å². The molecule has 2 atom stereocenters. The molecule has 9 heteroatoms. The molecule has 1 rings (SSSR count). The number of H-pyrrole nitrogens is 1. The van der Waals surface area contributed by atoms with Crippen LogP contribution in [0.25, 0.3) is 0 Å². The van der Waals surface area contributed by atoms with Gasteiger partial charge in [0, 0.05) is 32.2 Å². The van der Waals surface area contributed by atoms with E-state index in [0.29, 0.717) is 6.61 Å². The number of hydrogen-bond acceptors (Lipinski definition) is 7. The predicted octanol–water partition coefficient (Wildman–Crippen LogP) is -0.0291. The van der Waals surface area contributed by atoms with Crippen molar-refractivity contribution in [3.05, 3.63) is 33.1 Å². The molecule has 1 heterocycles. The van der Waals surface area contributed by atoms with Gasteiger partial charge in [0.2, 0.25) is 0 Å². The summed E-state index contributed by atoms with van der Waals surface area (Å²) in [6.45, 7) is 0.591. The van der Waals surface area contributed by atoms with Crippen molar-refractivity contribution in [2.45, 2.75) is 18.8 Å². The number of nitrogens with one attached hydrogen (secondary N) is 2. The summed E-state index contributed by atoms with van der Waals surface area (Å²) >= 11 is 1.57. The van der Waals surface area contributed by atoms with Gasteiger partial charge in [0.25, 0.3) is 5.56 Å². The number of methoxy groups -OCH3 is 2. The maximum absolute atomic E-state index is 11.9. The predicted molar refractivity (Wildman–Crippen MR) is 85.1 cm³/mol. The molecule has 2 unspecified atom stereocenters. The van der Waals surface area contributed by atoms with E-state index in [1.165, 1.54) is 23.9 Å². The molecule has 0 aliphatic heterocycles. The first-order valence-corrected chi connectivity index (χ1v) is 7.84. The van der Waals surface area contributed by atoms with Gasteiger partial charge in [-0.3, -0.25) is 19.1 Å². The van der Waals surface area contributed by atoms with Gasteiger partial charge in [-0.25, -0.2) is 4.79 Å². The molecule has 0 fully saturated rings. The molecule has 0 aromatic carbocycles. The van der Waals surface area contributed by atoms with Crippen LogP contribution in [0.5, 0.6) is 0 Å². The highest BCUT2D eigenvalue weighted by Crippen LogP contribution is 2.14. The Morgan fingerprint density at radius 1 is 1.32 bits per heavy atom. The minimum Gasteiger partial charge on any atom is -0.382 e. The van der Waals surface area contributed by atoms with E-state index in [1.54, 1.807) is 19.1 Å². The topological polar surface area (TPSA) is 94.6 Å². The van der Waals surface area contributed by atoms with Gasteiger partial charge in [-0.1, -0.05) is 11.9 Å².